The molecule has 1 aliphatic heterocycles. The van der Waals surface area contributed by atoms with E-state index < -0.39 is 0 Å². The van der Waals surface area contributed by atoms with Crippen molar-refractivity contribution in [1.29, 1.82) is 0 Å². The van der Waals surface area contributed by atoms with Crippen molar-refractivity contribution in [3.05, 3.63) is 48.0 Å². The number of rotatable bonds is 4. The highest BCUT2D eigenvalue weighted by molar-refractivity contribution is 6.00. The van der Waals surface area contributed by atoms with Crippen LogP contribution in [0.4, 0.5) is 16.2 Å². The van der Waals surface area contributed by atoms with E-state index in [1.165, 1.54) is 0 Å². The fourth-order valence-corrected chi connectivity index (χ4v) is 2.24. The lowest BCUT2D eigenvalue weighted by Crippen LogP contribution is -2.19. The molecule has 0 spiro atoms. The Labute approximate surface area is 128 Å². The number of fused-ring (bicyclic) bond motifs is 1. The van der Waals surface area contributed by atoms with Gasteiger partial charge in [0.25, 0.3) is 0 Å². The van der Waals surface area contributed by atoms with Crippen LogP contribution >= 0.6 is 0 Å². The first-order chi connectivity index (χ1) is 10.7. The molecule has 0 saturated carbocycles. The van der Waals surface area contributed by atoms with E-state index in [9.17, 15) is 4.79 Å². The molecule has 6 nitrogen and oxygen atoms in total. The zero-order valence-electron chi connectivity index (χ0n) is 12.0. The monoisotopic (exact) mass is 299 g/mol. The maximum absolute atomic E-state index is 12.0. The second kappa shape index (κ2) is 6.36. The molecule has 0 fully saturated rings. The number of hydrogen-bond donors (Lipinski definition) is 3. The molecule has 0 aliphatic carbocycles. The van der Waals surface area contributed by atoms with Gasteiger partial charge in [0, 0.05) is 17.4 Å². The summed E-state index contributed by atoms with van der Waals surface area (Å²) in [4.78, 5) is 12.0. The molecule has 4 N–H and O–H groups in total. The van der Waals surface area contributed by atoms with Crippen LogP contribution in [-0.4, -0.2) is 19.4 Å². The number of nitrogens with two attached hydrogens (primary N) is 1. The molecule has 2 aromatic rings. The lowest BCUT2D eigenvalue weighted by atomic mass is 10.1. The van der Waals surface area contributed by atoms with Crippen LogP contribution in [0.15, 0.2) is 42.5 Å². The first kappa shape index (κ1) is 14.2. The van der Waals surface area contributed by atoms with Crippen LogP contribution in [0.3, 0.4) is 0 Å². The minimum absolute atomic E-state index is 0.207. The van der Waals surface area contributed by atoms with Gasteiger partial charge in [-0.15, -0.1) is 0 Å². The number of carbonyl (C=O) groups is 1. The molecule has 0 radical (unpaired) electrons. The van der Waals surface area contributed by atoms with Crippen LogP contribution in [0.5, 0.6) is 11.5 Å². The van der Waals surface area contributed by atoms with Gasteiger partial charge in [0.05, 0.1) is 0 Å². The number of anilines is 2. The zero-order chi connectivity index (χ0) is 15.4. The van der Waals surface area contributed by atoms with Gasteiger partial charge in [-0.2, -0.15) is 0 Å². The molecule has 0 saturated heterocycles. The topological polar surface area (TPSA) is 85.6 Å². The molecule has 0 unspecified atom stereocenters. The first-order valence-electron chi connectivity index (χ1n) is 7.01. The number of amides is 2. The van der Waals surface area contributed by atoms with Crippen LogP contribution in [0, 0.1) is 0 Å². The molecule has 1 heterocycles. The Kier molecular flexibility index (Phi) is 4.11. The van der Waals surface area contributed by atoms with Crippen molar-refractivity contribution in [3.63, 3.8) is 0 Å². The number of carbonyl (C=O) groups excluding carboxylic acids is 1. The number of nitrogens with one attached hydrogen (secondary N) is 2. The van der Waals surface area contributed by atoms with Gasteiger partial charge in [-0.05, 0) is 42.8 Å². The molecule has 0 bridgehead atoms. The second-order valence-electron chi connectivity index (χ2n) is 4.89. The smallest absolute Gasteiger partial charge is 0.323 e. The number of ether oxygens (including phenoxy) is 2. The molecule has 0 atom stereocenters. The Morgan fingerprint density at radius 1 is 1.05 bits per heavy atom. The van der Waals surface area contributed by atoms with Crippen molar-refractivity contribution in [2.75, 3.05) is 24.0 Å². The largest absolute Gasteiger partial charge is 0.454 e. The summed E-state index contributed by atoms with van der Waals surface area (Å²) < 4.78 is 10.5. The van der Waals surface area contributed by atoms with Crippen molar-refractivity contribution in [2.24, 2.45) is 5.73 Å². The molecule has 114 valence electrons. The quantitative estimate of drug-likeness (QED) is 0.810. The van der Waals surface area contributed by atoms with Gasteiger partial charge in [-0.1, -0.05) is 12.1 Å². The van der Waals surface area contributed by atoms with Gasteiger partial charge >= 0.3 is 6.03 Å². The van der Waals surface area contributed by atoms with Gasteiger partial charge in [-0.25, -0.2) is 4.79 Å². The second-order valence-corrected chi connectivity index (χ2v) is 4.89. The van der Waals surface area contributed by atoms with Crippen molar-refractivity contribution in [3.8, 4) is 11.5 Å². The molecule has 3 rings (SSSR count). The highest BCUT2D eigenvalue weighted by Crippen LogP contribution is 2.34. The average Bonchev–Trinajstić information content (AvgIpc) is 2.95. The molecule has 6 heteroatoms. The molecule has 2 aromatic carbocycles. The predicted octanol–water partition coefficient (Wildman–Crippen LogP) is 2.56. The number of benzene rings is 2. The summed E-state index contributed by atoms with van der Waals surface area (Å²) in [6, 6.07) is 12.5. The summed E-state index contributed by atoms with van der Waals surface area (Å²) in [5, 5.41) is 5.56. The Balaban J connectivity index is 1.64. The molecule has 2 amide bonds. The summed E-state index contributed by atoms with van der Waals surface area (Å²) in [6.45, 7) is 0.783. The zero-order valence-corrected chi connectivity index (χ0v) is 12.0. The van der Waals surface area contributed by atoms with E-state index in [2.05, 4.69) is 10.6 Å². The Morgan fingerprint density at radius 2 is 1.82 bits per heavy atom. The van der Waals surface area contributed by atoms with Crippen molar-refractivity contribution in [1.82, 2.24) is 0 Å². The van der Waals surface area contributed by atoms with Crippen molar-refractivity contribution >= 4 is 17.4 Å². The van der Waals surface area contributed by atoms with E-state index in [0.29, 0.717) is 23.7 Å². The van der Waals surface area contributed by atoms with E-state index in [1.807, 2.05) is 24.3 Å². The third kappa shape index (κ3) is 3.29. The summed E-state index contributed by atoms with van der Waals surface area (Å²) >= 11 is 0. The van der Waals surface area contributed by atoms with Crippen LogP contribution in [0.25, 0.3) is 0 Å². The lowest BCUT2D eigenvalue weighted by molar-refractivity contribution is 0.174. The molecular formula is C16H17N3O3. The molecule has 1 aliphatic rings. The van der Waals surface area contributed by atoms with Gasteiger partial charge in [0.2, 0.25) is 6.79 Å². The molecular weight excluding hydrogens is 282 g/mol. The van der Waals surface area contributed by atoms with Gasteiger partial charge in [-0.3, -0.25) is 0 Å². The predicted molar refractivity (Wildman–Crippen MR) is 84.4 cm³/mol. The normalized spacial score (nSPS) is 12.0. The van der Waals surface area contributed by atoms with E-state index in [4.69, 9.17) is 15.2 Å². The van der Waals surface area contributed by atoms with E-state index in [1.54, 1.807) is 18.2 Å². The van der Waals surface area contributed by atoms with E-state index in [-0.39, 0.29) is 12.8 Å². The van der Waals surface area contributed by atoms with Crippen LogP contribution in [0.1, 0.15) is 5.56 Å². The first-order valence-corrected chi connectivity index (χ1v) is 7.01. The van der Waals surface area contributed by atoms with Crippen molar-refractivity contribution in [2.45, 2.75) is 6.42 Å². The van der Waals surface area contributed by atoms with E-state index >= 15 is 0 Å². The Hall–Kier alpha value is -2.73. The highest BCUT2D eigenvalue weighted by Gasteiger charge is 2.14. The molecule has 0 aromatic heterocycles. The summed E-state index contributed by atoms with van der Waals surface area (Å²) in [5.41, 5.74) is 7.99. The Bertz CT molecular complexity index is 688. The number of urea groups is 1. The van der Waals surface area contributed by atoms with Crippen LogP contribution < -0.4 is 25.8 Å². The lowest BCUT2D eigenvalue weighted by Gasteiger charge is -2.09. The molecule has 22 heavy (non-hydrogen) atoms. The summed E-state index contributed by atoms with van der Waals surface area (Å²) in [6.07, 6.45) is 0.777. The maximum atomic E-state index is 12.0. The highest BCUT2D eigenvalue weighted by atomic mass is 16.7. The van der Waals surface area contributed by atoms with Crippen molar-refractivity contribution < 1.29 is 14.3 Å². The van der Waals surface area contributed by atoms with Gasteiger partial charge < -0.3 is 25.8 Å². The minimum atomic E-state index is -0.316. The van der Waals surface area contributed by atoms with Gasteiger partial charge in [0.15, 0.2) is 11.5 Å². The SMILES string of the molecule is NCCc1cccc(NC(=O)Nc2ccc3c(c2)OCO3)c1. The summed E-state index contributed by atoms with van der Waals surface area (Å²) in [7, 11) is 0. The Morgan fingerprint density at radius 3 is 2.64 bits per heavy atom. The third-order valence-corrected chi connectivity index (χ3v) is 3.25. The van der Waals surface area contributed by atoms with Gasteiger partial charge in [0.1, 0.15) is 0 Å². The maximum Gasteiger partial charge on any atom is 0.323 e. The van der Waals surface area contributed by atoms with Crippen LogP contribution in [0.2, 0.25) is 0 Å². The third-order valence-electron chi connectivity index (χ3n) is 3.25. The number of hydrogen-bond acceptors (Lipinski definition) is 4. The van der Waals surface area contributed by atoms with E-state index in [0.717, 1.165) is 17.7 Å². The fourth-order valence-electron chi connectivity index (χ4n) is 2.24. The summed E-state index contributed by atoms with van der Waals surface area (Å²) in [5.74, 6) is 1.31. The average molecular weight is 299 g/mol. The standard InChI is InChI=1S/C16H17N3O3/c17-7-6-11-2-1-3-12(8-11)18-16(20)19-13-4-5-14-15(9-13)22-10-21-14/h1-5,8-9H,6-7,10,17H2,(H2,18,19,20). The fraction of sp³-hybridized carbons (Fsp3) is 0.188. The minimum Gasteiger partial charge on any atom is -0.454 e. The van der Waals surface area contributed by atoms with Crippen LogP contribution in [-0.2, 0) is 6.42 Å².